The van der Waals surface area contributed by atoms with Crippen molar-refractivity contribution in [2.75, 3.05) is 20.2 Å². The zero-order chi connectivity index (χ0) is 24.7. The maximum Gasteiger partial charge on any atom is 0.410 e. The third kappa shape index (κ3) is 4.80. The fraction of sp³-hybridized carbons (Fsp3) is 0.630. The molecule has 1 saturated heterocycles. The second-order valence-electron chi connectivity index (χ2n) is 11.1. The Morgan fingerprint density at radius 1 is 1.03 bits per heavy atom. The molecule has 35 heavy (non-hydrogen) atoms. The predicted molar refractivity (Wildman–Crippen MR) is 132 cm³/mol. The van der Waals surface area contributed by atoms with Crippen LogP contribution in [0.1, 0.15) is 82.3 Å². The number of carbonyl (C=O) groups excluding carboxylic acids is 2. The molecule has 2 aliphatic carbocycles. The van der Waals surface area contributed by atoms with Gasteiger partial charge in [-0.25, -0.2) is 9.78 Å². The van der Waals surface area contributed by atoms with E-state index in [4.69, 9.17) is 19.4 Å². The number of methoxy groups -OCH3 is 1. The molecule has 3 heterocycles. The standard InChI is InChI=1S/C27H36N4O4/c1-27(2,3)35-26(33)30-13-11-18(12-14-30)22-16-31-23(29-22)15-28-21-10-9-20(24(21)31)17-5-7-19(8-6-17)25(32)34-4/h9,15-19H,5-8,10-14H2,1-4H3. The van der Waals surface area contributed by atoms with Gasteiger partial charge >= 0.3 is 12.1 Å². The van der Waals surface area contributed by atoms with E-state index in [9.17, 15) is 9.59 Å². The first-order valence-corrected chi connectivity index (χ1v) is 12.9. The van der Waals surface area contributed by atoms with Crippen molar-refractivity contribution in [3.63, 3.8) is 0 Å². The minimum Gasteiger partial charge on any atom is -0.469 e. The van der Waals surface area contributed by atoms with Crippen molar-refractivity contribution in [1.29, 1.82) is 0 Å². The van der Waals surface area contributed by atoms with Crippen LogP contribution in [0.2, 0.25) is 0 Å². The predicted octanol–water partition coefficient (Wildman–Crippen LogP) is 4.76. The van der Waals surface area contributed by atoms with E-state index in [0.717, 1.165) is 62.0 Å². The lowest BCUT2D eigenvalue weighted by Crippen LogP contribution is -2.41. The summed E-state index contributed by atoms with van der Waals surface area (Å²) >= 11 is 0. The molecule has 0 spiro atoms. The summed E-state index contributed by atoms with van der Waals surface area (Å²) in [7, 11) is 1.48. The SMILES string of the molecule is COC(=O)C1CCC(C2=CCc3ncc4nc(C5CCN(C(=O)OC(C)(C)C)CC5)cn4c32)CC1. The Labute approximate surface area is 206 Å². The van der Waals surface area contributed by atoms with Gasteiger partial charge in [-0.1, -0.05) is 6.08 Å². The molecule has 2 aromatic rings. The molecule has 1 aliphatic heterocycles. The number of esters is 1. The first-order chi connectivity index (χ1) is 16.7. The molecule has 0 atom stereocenters. The van der Waals surface area contributed by atoms with Gasteiger partial charge in [-0.3, -0.25) is 14.2 Å². The molecule has 0 aromatic carbocycles. The molecule has 1 amide bonds. The average molecular weight is 481 g/mol. The number of hydrogen-bond acceptors (Lipinski definition) is 6. The van der Waals surface area contributed by atoms with E-state index in [1.54, 1.807) is 0 Å². The maximum absolute atomic E-state index is 12.4. The molecule has 0 radical (unpaired) electrons. The second kappa shape index (κ2) is 9.28. The lowest BCUT2D eigenvalue weighted by Gasteiger charge is -2.32. The Morgan fingerprint density at radius 2 is 1.74 bits per heavy atom. The zero-order valence-corrected chi connectivity index (χ0v) is 21.2. The van der Waals surface area contributed by atoms with Gasteiger partial charge in [0.2, 0.25) is 0 Å². The largest absolute Gasteiger partial charge is 0.469 e. The van der Waals surface area contributed by atoms with Crippen LogP contribution in [0.5, 0.6) is 0 Å². The summed E-state index contributed by atoms with van der Waals surface area (Å²) in [5, 5.41) is 0. The lowest BCUT2D eigenvalue weighted by atomic mass is 9.78. The van der Waals surface area contributed by atoms with Crippen molar-refractivity contribution in [2.24, 2.45) is 11.8 Å². The number of aromatic nitrogens is 3. The van der Waals surface area contributed by atoms with Crippen molar-refractivity contribution in [3.8, 4) is 0 Å². The number of hydrogen-bond donors (Lipinski definition) is 0. The third-order valence-corrected chi connectivity index (χ3v) is 7.66. The number of carbonyl (C=O) groups is 2. The topological polar surface area (TPSA) is 86.0 Å². The highest BCUT2D eigenvalue weighted by molar-refractivity contribution is 5.75. The molecular weight excluding hydrogens is 444 g/mol. The molecule has 0 N–H and O–H groups in total. The van der Waals surface area contributed by atoms with Crippen LogP contribution in [0.4, 0.5) is 4.79 Å². The number of fused-ring (bicyclic) bond motifs is 3. The molecule has 3 aliphatic rings. The first-order valence-electron chi connectivity index (χ1n) is 12.9. The van der Waals surface area contributed by atoms with Crippen molar-refractivity contribution in [3.05, 3.63) is 35.6 Å². The lowest BCUT2D eigenvalue weighted by molar-refractivity contribution is -0.146. The van der Waals surface area contributed by atoms with Crippen LogP contribution >= 0.6 is 0 Å². The van der Waals surface area contributed by atoms with Gasteiger partial charge in [-0.05, 0) is 70.8 Å². The smallest absolute Gasteiger partial charge is 0.410 e. The number of likely N-dealkylation sites (tertiary alicyclic amines) is 1. The number of rotatable bonds is 3. The summed E-state index contributed by atoms with van der Waals surface area (Å²) in [6.45, 7) is 7.05. The van der Waals surface area contributed by atoms with E-state index in [1.165, 1.54) is 18.4 Å². The summed E-state index contributed by atoms with van der Waals surface area (Å²) in [5.74, 6) is 0.698. The Morgan fingerprint density at radius 3 is 2.40 bits per heavy atom. The summed E-state index contributed by atoms with van der Waals surface area (Å²) in [6.07, 6.45) is 12.5. The van der Waals surface area contributed by atoms with Gasteiger partial charge < -0.3 is 14.4 Å². The van der Waals surface area contributed by atoms with Crippen LogP contribution in [0, 0.1) is 11.8 Å². The van der Waals surface area contributed by atoms with E-state index in [0.29, 0.717) is 24.9 Å². The average Bonchev–Trinajstić information content (AvgIpc) is 3.47. The quantitative estimate of drug-likeness (QED) is 0.589. The number of piperidine rings is 1. The minimum atomic E-state index is -0.479. The molecule has 188 valence electrons. The number of allylic oxidation sites excluding steroid dienone is 2. The van der Waals surface area contributed by atoms with Crippen molar-refractivity contribution >= 4 is 23.3 Å². The molecule has 0 bridgehead atoms. The number of nitrogens with zero attached hydrogens (tertiary/aromatic N) is 4. The van der Waals surface area contributed by atoms with Crippen LogP contribution in [-0.4, -0.2) is 57.1 Å². The van der Waals surface area contributed by atoms with Gasteiger partial charge in [0.15, 0.2) is 5.65 Å². The monoisotopic (exact) mass is 480 g/mol. The molecule has 0 unspecified atom stereocenters. The molecule has 2 fully saturated rings. The molecule has 1 saturated carbocycles. The van der Waals surface area contributed by atoms with Crippen molar-refractivity contribution in [2.45, 2.75) is 77.2 Å². The second-order valence-corrected chi connectivity index (χ2v) is 11.1. The van der Waals surface area contributed by atoms with Gasteiger partial charge in [0.1, 0.15) is 5.60 Å². The van der Waals surface area contributed by atoms with E-state index in [-0.39, 0.29) is 18.0 Å². The van der Waals surface area contributed by atoms with Crippen LogP contribution in [0.15, 0.2) is 18.5 Å². The van der Waals surface area contributed by atoms with Gasteiger partial charge in [0.25, 0.3) is 0 Å². The molecule has 5 rings (SSSR count). The van der Waals surface area contributed by atoms with E-state index < -0.39 is 5.60 Å². The van der Waals surface area contributed by atoms with Crippen molar-refractivity contribution < 1.29 is 19.1 Å². The Hall–Kier alpha value is -2.90. The van der Waals surface area contributed by atoms with Crippen LogP contribution in [0.3, 0.4) is 0 Å². The normalized spacial score (nSPS) is 23.2. The van der Waals surface area contributed by atoms with Gasteiger partial charge in [0.05, 0.1) is 36.3 Å². The summed E-state index contributed by atoms with van der Waals surface area (Å²) in [5.41, 5.74) is 5.12. The van der Waals surface area contributed by atoms with Crippen LogP contribution in [0.25, 0.3) is 11.2 Å². The summed E-state index contributed by atoms with van der Waals surface area (Å²) < 4.78 is 12.7. The number of ether oxygens (including phenoxy) is 2. The number of amides is 1. The first kappa shape index (κ1) is 23.8. The molecule has 8 heteroatoms. The highest BCUT2D eigenvalue weighted by Crippen LogP contribution is 2.42. The molecule has 8 nitrogen and oxygen atoms in total. The Bertz CT molecular complexity index is 1150. The highest BCUT2D eigenvalue weighted by atomic mass is 16.6. The molecular formula is C27H36N4O4. The third-order valence-electron chi connectivity index (χ3n) is 7.66. The van der Waals surface area contributed by atoms with E-state index in [2.05, 4.69) is 16.7 Å². The maximum atomic E-state index is 12.4. The van der Waals surface area contributed by atoms with Crippen molar-refractivity contribution in [1.82, 2.24) is 19.3 Å². The zero-order valence-electron chi connectivity index (χ0n) is 21.2. The number of imidazole rings is 1. The van der Waals surface area contributed by atoms with Gasteiger partial charge in [-0.15, -0.1) is 0 Å². The molecule has 2 aromatic heterocycles. The fourth-order valence-corrected chi connectivity index (χ4v) is 5.83. The minimum absolute atomic E-state index is 0.0260. The fourth-order valence-electron chi connectivity index (χ4n) is 5.83. The van der Waals surface area contributed by atoms with Gasteiger partial charge in [0, 0.05) is 31.6 Å². The summed E-state index contributed by atoms with van der Waals surface area (Å²) in [6, 6.07) is 0. The Balaban J connectivity index is 1.30. The summed E-state index contributed by atoms with van der Waals surface area (Å²) in [4.78, 5) is 35.9. The van der Waals surface area contributed by atoms with E-state index in [1.807, 2.05) is 31.9 Å². The van der Waals surface area contributed by atoms with Crippen LogP contribution in [-0.2, 0) is 20.7 Å². The Kier molecular flexibility index (Phi) is 6.32. The van der Waals surface area contributed by atoms with Gasteiger partial charge in [-0.2, -0.15) is 0 Å². The van der Waals surface area contributed by atoms with E-state index >= 15 is 0 Å². The van der Waals surface area contributed by atoms with Crippen LogP contribution < -0.4 is 0 Å². The highest BCUT2D eigenvalue weighted by Gasteiger charge is 2.33.